The Morgan fingerprint density at radius 3 is 2.18 bits per heavy atom. The summed E-state index contributed by atoms with van der Waals surface area (Å²) in [5, 5.41) is 5.86. The summed E-state index contributed by atoms with van der Waals surface area (Å²) in [5.74, 6) is -0.779. The molecule has 0 aromatic heterocycles. The van der Waals surface area contributed by atoms with Crippen LogP contribution in [0.3, 0.4) is 0 Å². The number of rotatable bonds is 1. The largest absolute Gasteiger partial charge is 0.404 e. The molecular weight excluding hydrogens is 154 g/mol. The first-order chi connectivity index (χ1) is 5.11. The lowest BCUT2D eigenvalue weighted by molar-refractivity contribution is -0.162. The number of imide groups is 1. The van der Waals surface area contributed by atoms with E-state index in [1.54, 1.807) is 0 Å². The van der Waals surface area contributed by atoms with E-state index in [4.69, 9.17) is 0 Å². The number of azo groups is 1. The Hall–Kier alpha value is -1.79. The highest BCUT2D eigenvalue weighted by Crippen LogP contribution is 2.07. The van der Waals surface area contributed by atoms with E-state index in [-0.39, 0.29) is 5.06 Å². The number of nitrogens with zero attached hydrogens (tertiary/aromatic N) is 3. The third-order valence-electron chi connectivity index (χ3n) is 0.788. The monoisotopic (exact) mass is 157 g/mol. The number of hydrogen-bond donors (Lipinski definition) is 0. The molecule has 4 amide bonds. The molecule has 1 rings (SSSR count). The highest BCUT2D eigenvalue weighted by Gasteiger charge is 2.30. The van der Waals surface area contributed by atoms with Crippen molar-refractivity contribution < 1.29 is 19.2 Å². The molecule has 11 heavy (non-hydrogen) atoms. The molecule has 0 N–H and O–H groups in total. The van der Waals surface area contributed by atoms with Gasteiger partial charge in [0.05, 0.1) is 0 Å². The molecule has 0 saturated carbocycles. The van der Waals surface area contributed by atoms with Gasteiger partial charge in [-0.15, -0.1) is 0 Å². The molecule has 0 aromatic rings. The van der Waals surface area contributed by atoms with Crippen molar-refractivity contribution in [2.45, 2.75) is 6.92 Å². The minimum atomic E-state index is -0.995. The number of urea groups is 2. The maximum absolute atomic E-state index is 10.5. The minimum Gasteiger partial charge on any atom is -0.327 e. The normalized spacial score (nSPS) is 15.9. The van der Waals surface area contributed by atoms with Crippen LogP contribution in [0.5, 0.6) is 0 Å². The number of amides is 4. The van der Waals surface area contributed by atoms with Gasteiger partial charge in [0, 0.05) is 6.92 Å². The van der Waals surface area contributed by atoms with E-state index < -0.39 is 18.0 Å². The first kappa shape index (κ1) is 7.32. The average Bonchev–Trinajstić information content (AvgIpc) is 2.18. The van der Waals surface area contributed by atoms with Crippen molar-refractivity contribution in [3.05, 3.63) is 0 Å². The molecule has 0 radical (unpaired) electrons. The molecule has 7 nitrogen and oxygen atoms in total. The lowest BCUT2D eigenvalue weighted by atomic mass is 10.8. The number of carbonyl (C=O) groups excluding carboxylic acids is 3. The van der Waals surface area contributed by atoms with Gasteiger partial charge in [0.2, 0.25) is 0 Å². The second-order valence-electron chi connectivity index (χ2n) is 1.64. The van der Waals surface area contributed by atoms with Gasteiger partial charge in [0.1, 0.15) is 0 Å². The van der Waals surface area contributed by atoms with Gasteiger partial charge >= 0.3 is 18.0 Å². The van der Waals surface area contributed by atoms with Crippen molar-refractivity contribution in [1.29, 1.82) is 0 Å². The van der Waals surface area contributed by atoms with Crippen molar-refractivity contribution in [1.82, 2.24) is 5.06 Å². The molecule has 1 heterocycles. The van der Waals surface area contributed by atoms with E-state index in [2.05, 4.69) is 15.1 Å². The molecule has 58 valence electrons. The highest BCUT2D eigenvalue weighted by atomic mass is 16.7. The molecule has 0 aromatic carbocycles. The zero-order valence-corrected chi connectivity index (χ0v) is 5.47. The van der Waals surface area contributed by atoms with Gasteiger partial charge in [0.15, 0.2) is 0 Å². The third-order valence-corrected chi connectivity index (χ3v) is 0.788. The van der Waals surface area contributed by atoms with Crippen LogP contribution in [0.25, 0.3) is 0 Å². The van der Waals surface area contributed by atoms with E-state index in [1.807, 2.05) is 0 Å². The minimum absolute atomic E-state index is 0.183. The summed E-state index contributed by atoms with van der Waals surface area (Å²) < 4.78 is 0. The molecule has 0 fully saturated rings. The Morgan fingerprint density at radius 2 is 1.82 bits per heavy atom. The topological polar surface area (TPSA) is 88.4 Å². The lowest BCUT2D eigenvalue weighted by Gasteiger charge is -2.06. The molecule has 7 heteroatoms. The Bertz CT molecular complexity index is 240. The molecule has 0 spiro atoms. The average molecular weight is 157 g/mol. The molecule has 0 bridgehead atoms. The Balaban J connectivity index is 2.66. The summed E-state index contributed by atoms with van der Waals surface area (Å²) in [7, 11) is 0. The van der Waals surface area contributed by atoms with Crippen LogP contribution in [-0.4, -0.2) is 23.1 Å². The van der Waals surface area contributed by atoms with E-state index >= 15 is 0 Å². The predicted octanol–water partition coefficient (Wildman–Crippen LogP) is 0.472. The van der Waals surface area contributed by atoms with Crippen LogP contribution in [0.1, 0.15) is 6.92 Å². The van der Waals surface area contributed by atoms with E-state index in [0.717, 1.165) is 6.92 Å². The standard InChI is InChI=1S/C4H3N3O4/c1-2(8)11-7-3(9)5-6-4(7)10/h1H3. The quantitative estimate of drug-likeness (QED) is 0.553. The lowest BCUT2D eigenvalue weighted by Crippen LogP contribution is -2.30. The first-order valence-electron chi connectivity index (χ1n) is 2.59. The molecule has 0 atom stereocenters. The third kappa shape index (κ3) is 1.37. The summed E-state index contributed by atoms with van der Waals surface area (Å²) in [5.41, 5.74) is 0. The molecule has 0 unspecified atom stereocenters. The molecule has 0 aliphatic carbocycles. The van der Waals surface area contributed by atoms with Crippen molar-refractivity contribution in [3.8, 4) is 0 Å². The molecule has 1 aliphatic rings. The molecule has 0 saturated heterocycles. The van der Waals surface area contributed by atoms with Crippen LogP contribution in [0.4, 0.5) is 9.59 Å². The van der Waals surface area contributed by atoms with Gasteiger partial charge in [-0.2, -0.15) is 0 Å². The van der Waals surface area contributed by atoms with Gasteiger partial charge in [-0.3, -0.25) is 0 Å². The summed E-state index contributed by atoms with van der Waals surface area (Å²) in [4.78, 5) is 35.4. The summed E-state index contributed by atoms with van der Waals surface area (Å²) in [6.07, 6.45) is 0. The van der Waals surface area contributed by atoms with Crippen LogP contribution < -0.4 is 0 Å². The summed E-state index contributed by atoms with van der Waals surface area (Å²) in [6, 6.07) is -1.99. The van der Waals surface area contributed by atoms with Crippen molar-refractivity contribution >= 4 is 18.0 Å². The Morgan fingerprint density at radius 1 is 1.36 bits per heavy atom. The maximum atomic E-state index is 10.5. The van der Waals surface area contributed by atoms with Crippen molar-refractivity contribution in [2.75, 3.05) is 0 Å². The van der Waals surface area contributed by atoms with Crippen LogP contribution in [0, 0.1) is 0 Å². The van der Waals surface area contributed by atoms with E-state index in [9.17, 15) is 14.4 Å². The maximum Gasteiger partial charge on any atom is 0.404 e. The van der Waals surface area contributed by atoms with Crippen LogP contribution in [0.15, 0.2) is 10.2 Å². The highest BCUT2D eigenvalue weighted by molar-refractivity contribution is 5.98. The fourth-order valence-electron chi connectivity index (χ4n) is 0.455. The van der Waals surface area contributed by atoms with Gasteiger partial charge in [0.25, 0.3) is 0 Å². The van der Waals surface area contributed by atoms with E-state index in [1.165, 1.54) is 0 Å². The number of hydrogen-bond acceptors (Lipinski definition) is 4. The van der Waals surface area contributed by atoms with Gasteiger partial charge in [-0.1, -0.05) is 15.3 Å². The number of carbonyl (C=O) groups is 3. The Kier molecular flexibility index (Phi) is 1.63. The van der Waals surface area contributed by atoms with Crippen LogP contribution in [0.2, 0.25) is 0 Å². The van der Waals surface area contributed by atoms with Crippen molar-refractivity contribution in [3.63, 3.8) is 0 Å². The van der Waals surface area contributed by atoms with Gasteiger partial charge in [-0.25, -0.2) is 14.4 Å². The second-order valence-corrected chi connectivity index (χ2v) is 1.64. The van der Waals surface area contributed by atoms with Crippen LogP contribution >= 0.6 is 0 Å². The first-order valence-corrected chi connectivity index (χ1v) is 2.59. The van der Waals surface area contributed by atoms with Gasteiger partial charge in [-0.05, 0) is 0 Å². The van der Waals surface area contributed by atoms with Crippen molar-refractivity contribution in [2.24, 2.45) is 10.2 Å². The Labute approximate surface area is 60.6 Å². The SMILES string of the molecule is CC(=O)ON1C(=O)N=NC1=O. The molecule has 1 aliphatic heterocycles. The van der Waals surface area contributed by atoms with Crippen LogP contribution in [-0.2, 0) is 9.63 Å². The predicted molar refractivity (Wildman–Crippen MR) is 29.3 cm³/mol. The van der Waals surface area contributed by atoms with Gasteiger partial charge < -0.3 is 4.84 Å². The second kappa shape index (κ2) is 2.45. The zero-order chi connectivity index (χ0) is 8.43. The smallest absolute Gasteiger partial charge is 0.327 e. The fourth-order valence-corrected chi connectivity index (χ4v) is 0.455. The summed E-state index contributed by atoms with van der Waals surface area (Å²) >= 11 is 0. The fraction of sp³-hybridized carbons (Fsp3) is 0.250. The molecular formula is C4H3N3O4. The van der Waals surface area contributed by atoms with E-state index in [0.29, 0.717) is 0 Å². The summed E-state index contributed by atoms with van der Waals surface area (Å²) in [6.45, 7) is 1.05. The number of hydroxylamine groups is 2. The zero-order valence-electron chi connectivity index (χ0n) is 5.47.